The Kier molecular flexibility index (Phi) is 1.87. The summed E-state index contributed by atoms with van der Waals surface area (Å²) in [7, 11) is 0. The van der Waals surface area contributed by atoms with Gasteiger partial charge in [-0.2, -0.15) is 0 Å². The maximum Gasteiger partial charge on any atom is 0.0785 e. The van der Waals surface area contributed by atoms with E-state index in [1.54, 1.807) is 12.1 Å². The molecule has 0 atom stereocenters. The van der Waals surface area contributed by atoms with Crippen molar-refractivity contribution in [3.63, 3.8) is 0 Å². The van der Waals surface area contributed by atoms with Gasteiger partial charge in [-0.3, -0.25) is 0 Å². The summed E-state index contributed by atoms with van der Waals surface area (Å²) in [4.78, 5) is 0. The van der Waals surface area contributed by atoms with Gasteiger partial charge in [0.25, 0.3) is 0 Å². The number of aliphatic hydroxyl groups excluding tert-OH is 1. The standard InChI is InChI=1S/C7H11N3O/c8-5-2-1-4(3-11)6(9)7(5)10/h1-2,11H,3,8-10H2. The molecule has 4 heteroatoms. The zero-order valence-corrected chi connectivity index (χ0v) is 6.04. The second-order valence-corrected chi connectivity index (χ2v) is 2.30. The molecule has 0 amide bonds. The third-order valence-electron chi connectivity index (χ3n) is 1.58. The van der Waals surface area contributed by atoms with Gasteiger partial charge in [0, 0.05) is 5.56 Å². The molecule has 0 bridgehead atoms. The summed E-state index contributed by atoms with van der Waals surface area (Å²) >= 11 is 0. The first-order chi connectivity index (χ1) is 5.16. The lowest BCUT2D eigenvalue weighted by atomic mass is 10.1. The minimum Gasteiger partial charge on any atom is -0.397 e. The average molecular weight is 153 g/mol. The lowest BCUT2D eigenvalue weighted by Gasteiger charge is -2.07. The Bertz CT molecular complexity index is 273. The number of anilines is 3. The number of hydrogen-bond donors (Lipinski definition) is 4. The van der Waals surface area contributed by atoms with Crippen molar-refractivity contribution in [2.24, 2.45) is 0 Å². The molecule has 60 valence electrons. The van der Waals surface area contributed by atoms with Crippen LogP contribution in [0.1, 0.15) is 5.56 Å². The van der Waals surface area contributed by atoms with E-state index in [2.05, 4.69) is 0 Å². The summed E-state index contributed by atoms with van der Waals surface area (Å²) in [6, 6.07) is 3.28. The molecule has 0 heterocycles. The van der Waals surface area contributed by atoms with Crippen LogP contribution in [0.4, 0.5) is 17.1 Å². The van der Waals surface area contributed by atoms with Crippen molar-refractivity contribution in [2.75, 3.05) is 17.2 Å². The molecule has 0 saturated heterocycles. The fourth-order valence-corrected chi connectivity index (χ4v) is 0.836. The maximum absolute atomic E-state index is 8.76. The molecular formula is C7H11N3O. The Balaban J connectivity index is 3.25. The molecule has 0 spiro atoms. The Hall–Kier alpha value is -1.42. The van der Waals surface area contributed by atoms with Gasteiger partial charge < -0.3 is 22.3 Å². The second kappa shape index (κ2) is 2.67. The predicted molar refractivity (Wildman–Crippen MR) is 45.6 cm³/mol. The first kappa shape index (κ1) is 7.68. The molecule has 0 fully saturated rings. The van der Waals surface area contributed by atoms with E-state index >= 15 is 0 Å². The molecule has 0 aromatic heterocycles. The minimum atomic E-state index is -0.115. The monoisotopic (exact) mass is 153 g/mol. The molecule has 4 nitrogen and oxygen atoms in total. The van der Waals surface area contributed by atoms with Gasteiger partial charge in [0.2, 0.25) is 0 Å². The number of hydrogen-bond acceptors (Lipinski definition) is 4. The zero-order valence-electron chi connectivity index (χ0n) is 6.04. The maximum atomic E-state index is 8.76. The van der Waals surface area contributed by atoms with Crippen LogP contribution in [-0.4, -0.2) is 5.11 Å². The molecule has 0 aliphatic carbocycles. The molecule has 7 N–H and O–H groups in total. The highest BCUT2D eigenvalue weighted by molar-refractivity contribution is 5.79. The van der Waals surface area contributed by atoms with E-state index in [-0.39, 0.29) is 6.61 Å². The van der Waals surface area contributed by atoms with E-state index in [4.69, 9.17) is 22.3 Å². The van der Waals surface area contributed by atoms with Crippen LogP contribution < -0.4 is 17.2 Å². The van der Waals surface area contributed by atoms with Crippen molar-refractivity contribution in [3.8, 4) is 0 Å². The van der Waals surface area contributed by atoms with Crippen molar-refractivity contribution in [2.45, 2.75) is 6.61 Å². The van der Waals surface area contributed by atoms with E-state index in [9.17, 15) is 0 Å². The Labute approximate surface area is 64.6 Å². The molecule has 1 aromatic carbocycles. The third-order valence-corrected chi connectivity index (χ3v) is 1.58. The molecule has 0 saturated carbocycles. The van der Waals surface area contributed by atoms with Gasteiger partial charge in [-0.1, -0.05) is 6.07 Å². The van der Waals surface area contributed by atoms with E-state index in [1.807, 2.05) is 0 Å². The predicted octanol–water partition coefficient (Wildman–Crippen LogP) is -0.0745. The third kappa shape index (κ3) is 1.20. The quantitative estimate of drug-likeness (QED) is 0.424. The Morgan fingerprint density at radius 3 is 2.27 bits per heavy atom. The number of nitrogens with two attached hydrogens (primary N) is 3. The van der Waals surface area contributed by atoms with Crippen LogP contribution in [-0.2, 0) is 6.61 Å². The van der Waals surface area contributed by atoms with Gasteiger partial charge in [-0.05, 0) is 6.07 Å². The van der Waals surface area contributed by atoms with E-state index in [1.165, 1.54) is 0 Å². The van der Waals surface area contributed by atoms with Crippen LogP contribution in [0.3, 0.4) is 0 Å². The molecule has 0 aliphatic rings. The van der Waals surface area contributed by atoms with Gasteiger partial charge >= 0.3 is 0 Å². The summed E-state index contributed by atoms with van der Waals surface area (Å²) in [6.07, 6.45) is 0. The highest BCUT2D eigenvalue weighted by atomic mass is 16.3. The fraction of sp³-hybridized carbons (Fsp3) is 0.143. The molecule has 11 heavy (non-hydrogen) atoms. The normalized spacial score (nSPS) is 9.91. The van der Waals surface area contributed by atoms with Gasteiger partial charge in [0.15, 0.2) is 0 Å². The summed E-state index contributed by atoms with van der Waals surface area (Å²) in [5, 5.41) is 8.76. The highest BCUT2D eigenvalue weighted by Crippen LogP contribution is 2.25. The van der Waals surface area contributed by atoms with Crippen LogP contribution in [0.5, 0.6) is 0 Å². The largest absolute Gasteiger partial charge is 0.397 e. The van der Waals surface area contributed by atoms with E-state index in [0.717, 1.165) is 0 Å². The number of aliphatic hydroxyl groups is 1. The Morgan fingerprint density at radius 1 is 1.09 bits per heavy atom. The van der Waals surface area contributed by atoms with E-state index in [0.29, 0.717) is 22.6 Å². The second-order valence-electron chi connectivity index (χ2n) is 2.30. The first-order valence-electron chi connectivity index (χ1n) is 3.20. The molecular weight excluding hydrogens is 142 g/mol. The van der Waals surface area contributed by atoms with Crippen molar-refractivity contribution in [1.82, 2.24) is 0 Å². The van der Waals surface area contributed by atoms with Gasteiger partial charge in [0.1, 0.15) is 0 Å². The first-order valence-corrected chi connectivity index (χ1v) is 3.20. The number of rotatable bonds is 1. The van der Waals surface area contributed by atoms with Crippen LogP contribution in [0.2, 0.25) is 0 Å². The summed E-state index contributed by atoms with van der Waals surface area (Å²) in [6.45, 7) is -0.115. The summed E-state index contributed by atoms with van der Waals surface area (Å²) in [5.74, 6) is 0. The number of nitrogen functional groups attached to an aromatic ring is 3. The average Bonchev–Trinajstić information content (AvgIpc) is 2.01. The smallest absolute Gasteiger partial charge is 0.0785 e. The van der Waals surface area contributed by atoms with Crippen LogP contribution in [0.25, 0.3) is 0 Å². The number of benzene rings is 1. The minimum absolute atomic E-state index is 0.115. The van der Waals surface area contributed by atoms with Crippen molar-refractivity contribution in [1.29, 1.82) is 0 Å². The Morgan fingerprint density at radius 2 is 1.73 bits per heavy atom. The molecule has 1 aromatic rings. The van der Waals surface area contributed by atoms with Crippen molar-refractivity contribution in [3.05, 3.63) is 17.7 Å². The van der Waals surface area contributed by atoms with Crippen LogP contribution >= 0.6 is 0 Å². The van der Waals surface area contributed by atoms with Crippen LogP contribution in [0, 0.1) is 0 Å². The van der Waals surface area contributed by atoms with Gasteiger partial charge in [-0.15, -0.1) is 0 Å². The highest BCUT2D eigenvalue weighted by Gasteiger charge is 2.03. The van der Waals surface area contributed by atoms with Gasteiger partial charge in [0.05, 0.1) is 23.7 Å². The zero-order chi connectivity index (χ0) is 8.43. The molecule has 0 aliphatic heterocycles. The summed E-state index contributed by atoms with van der Waals surface area (Å²) < 4.78 is 0. The molecule has 0 unspecified atom stereocenters. The van der Waals surface area contributed by atoms with E-state index < -0.39 is 0 Å². The molecule has 0 radical (unpaired) electrons. The van der Waals surface area contributed by atoms with Gasteiger partial charge in [-0.25, -0.2) is 0 Å². The molecule has 1 rings (SSSR count). The lowest BCUT2D eigenvalue weighted by molar-refractivity contribution is 0.282. The van der Waals surface area contributed by atoms with Crippen molar-refractivity contribution < 1.29 is 5.11 Å². The lowest BCUT2D eigenvalue weighted by Crippen LogP contribution is -2.03. The van der Waals surface area contributed by atoms with Crippen LogP contribution in [0.15, 0.2) is 12.1 Å². The van der Waals surface area contributed by atoms with Crippen molar-refractivity contribution >= 4 is 17.1 Å². The summed E-state index contributed by atoms with van der Waals surface area (Å²) in [5.41, 5.74) is 18.2. The SMILES string of the molecule is Nc1ccc(CO)c(N)c1N. The fourth-order valence-electron chi connectivity index (χ4n) is 0.836. The topological polar surface area (TPSA) is 98.3 Å².